The Hall–Kier alpha value is -4.09. The third-order valence-corrected chi connectivity index (χ3v) is 6.17. The minimum absolute atomic E-state index is 0.0777. The fourth-order valence-corrected chi connectivity index (χ4v) is 4.65. The van der Waals surface area contributed by atoms with Crippen LogP contribution in [0.25, 0.3) is 0 Å². The summed E-state index contributed by atoms with van der Waals surface area (Å²) in [5.41, 5.74) is 1.13. The number of amides is 5. The number of halogens is 3. The lowest BCUT2D eigenvalue weighted by Crippen LogP contribution is -2.50. The maximum Gasteiger partial charge on any atom is 0.393 e. The highest BCUT2D eigenvalue weighted by atomic mass is 19.4. The van der Waals surface area contributed by atoms with Crippen LogP contribution in [0.3, 0.4) is 0 Å². The molecule has 9 nitrogen and oxygen atoms in total. The second kappa shape index (κ2) is 8.00. The van der Waals surface area contributed by atoms with E-state index in [1.807, 2.05) is 0 Å². The predicted molar refractivity (Wildman–Crippen MR) is 116 cm³/mol. The van der Waals surface area contributed by atoms with Crippen LogP contribution >= 0.6 is 0 Å². The lowest BCUT2D eigenvalue weighted by atomic mass is 9.96. The van der Waals surface area contributed by atoms with E-state index in [2.05, 4.69) is 16.0 Å². The summed E-state index contributed by atoms with van der Waals surface area (Å²) in [4.78, 5) is 50.3. The summed E-state index contributed by atoms with van der Waals surface area (Å²) in [6.45, 7) is -0.521. The molecule has 3 N–H and O–H groups in total. The molecular weight excluding hydrogens is 469 g/mol. The molecule has 1 aliphatic carbocycles. The molecule has 0 aromatic heterocycles. The summed E-state index contributed by atoms with van der Waals surface area (Å²) in [7, 11) is 0. The zero-order valence-corrected chi connectivity index (χ0v) is 18.1. The van der Waals surface area contributed by atoms with Crippen molar-refractivity contribution in [2.45, 2.75) is 37.1 Å². The van der Waals surface area contributed by atoms with E-state index in [4.69, 9.17) is 4.74 Å². The maximum absolute atomic E-state index is 13.0. The van der Waals surface area contributed by atoms with Crippen LogP contribution in [0.4, 0.5) is 29.3 Å². The summed E-state index contributed by atoms with van der Waals surface area (Å²) in [6, 6.07) is 10.5. The molecule has 5 rings (SSSR count). The Morgan fingerprint density at radius 1 is 1.11 bits per heavy atom. The highest BCUT2D eigenvalue weighted by Crippen LogP contribution is 2.37. The molecule has 0 bridgehead atoms. The molecule has 2 unspecified atom stereocenters. The largest absolute Gasteiger partial charge is 0.478 e. The Morgan fingerprint density at radius 3 is 2.57 bits per heavy atom. The van der Waals surface area contributed by atoms with E-state index >= 15 is 0 Å². The number of nitrogens with one attached hydrogen (secondary N) is 3. The molecule has 2 heterocycles. The number of ether oxygens (including phenoxy) is 1. The predicted octanol–water partition coefficient (Wildman–Crippen LogP) is 2.05. The first-order valence-corrected chi connectivity index (χ1v) is 10.7. The number of carbonyl (C=O) groups is 4. The first-order valence-electron chi connectivity index (χ1n) is 10.7. The molecule has 1 spiro atoms. The molecule has 35 heavy (non-hydrogen) atoms. The average molecular weight is 488 g/mol. The molecule has 2 aliphatic heterocycles. The van der Waals surface area contributed by atoms with Gasteiger partial charge >= 0.3 is 12.2 Å². The van der Waals surface area contributed by atoms with E-state index in [-0.39, 0.29) is 17.9 Å². The van der Waals surface area contributed by atoms with Crippen molar-refractivity contribution in [1.82, 2.24) is 10.6 Å². The topological polar surface area (TPSA) is 117 Å². The van der Waals surface area contributed by atoms with Gasteiger partial charge in [-0.25, -0.2) is 4.79 Å². The van der Waals surface area contributed by atoms with Gasteiger partial charge in [0.1, 0.15) is 17.8 Å². The van der Waals surface area contributed by atoms with Crippen LogP contribution in [0.1, 0.15) is 17.5 Å². The van der Waals surface area contributed by atoms with Crippen LogP contribution in [0.15, 0.2) is 42.5 Å². The van der Waals surface area contributed by atoms with Gasteiger partial charge in [0, 0.05) is 18.5 Å². The second-order valence-electron chi connectivity index (χ2n) is 8.69. The van der Waals surface area contributed by atoms with Crippen molar-refractivity contribution in [2.75, 3.05) is 16.8 Å². The summed E-state index contributed by atoms with van der Waals surface area (Å²) in [6.07, 6.45) is -7.33. The normalized spacial score (nSPS) is 22.9. The molecule has 12 heteroatoms. The van der Waals surface area contributed by atoms with Gasteiger partial charge in [0.25, 0.3) is 11.8 Å². The fraction of sp³-hybridized carbons (Fsp3) is 0.304. The van der Waals surface area contributed by atoms with E-state index in [1.165, 1.54) is 12.1 Å². The molecule has 2 aromatic carbocycles. The van der Waals surface area contributed by atoms with Crippen molar-refractivity contribution < 1.29 is 37.1 Å². The van der Waals surface area contributed by atoms with E-state index in [9.17, 15) is 32.3 Å². The monoisotopic (exact) mass is 488 g/mol. The van der Waals surface area contributed by atoms with Crippen LogP contribution in [0, 0.1) is 0 Å². The van der Waals surface area contributed by atoms with Crippen molar-refractivity contribution in [2.24, 2.45) is 0 Å². The number of carbonyl (C=O) groups excluding carboxylic acids is 4. The quantitative estimate of drug-likeness (QED) is 0.570. The Bertz CT molecular complexity index is 1260. The number of alkyl halides is 3. The molecule has 2 aromatic rings. The van der Waals surface area contributed by atoms with Crippen molar-refractivity contribution in [1.29, 1.82) is 0 Å². The summed E-state index contributed by atoms with van der Waals surface area (Å²) < 4.78 is 44.1. The summed E-state index contributed by atoms with van der Waals surface area (Å²) in [5.74, 6) is -1.92. The fourth-order valence-electron chi connectivity index (χ4n) is 4.65. The van der Waals surface area contributed by atoms with Gasteiger partial charge in [-0.05, 0) is 35.4 Å². The van der Waals surface area contributed by atoms with Crippen molar-refractivity contribution in [3.63, 3.8) is 0 Å². The van der Waals surface area contributed by atoms with Crippen LogP contribution in [0.2, 0.25) is 0 Å². The molecule has 182 valence electrons. The lowest BCUT2D eigenvalue weighted by Gasteiger charge is -2.34. The minimum atomic E-state index is -4.63. The van der Waals surface area contributed by atoms with E-state index in [1.54, 1.807) is 30.3 Å². The van der Waals surface area contributed by atoms with E-state index < -0.39 is 54.5 Å². The molecule has 0 radical (unpaired) electrons. The lowest BCUT2D eigenvalue weighted by molar-refractivity contribution is -0.160. The Morgan fingerprint density at radius 2 is 1.86 bits per heavy atom. The summed E-state index contributed by atoms with van der Waals surface area (Å²) >= 11 is 0. The smallest absolute Gasteiger partial charge is 0.393 e. The van der Waals surface area contributed by atoms with Gasteiger partial charge in [-0.1, -0.05) is 18.2 Å². The number of imide groups is 1. The van der Waals surface area contributed by atoms with Crippen LogP contribution < -0.4 is 25.6 Å². The standard InChI is InChI=1S/C23H19F3N4O5/c24-23(25,26)10-17-19(32)30(15-3-1-2-4-16(15)35-17)11-18(31)27-14-6-5-12-8-22(9-13(12)7-14)20(33)28-21(34)29-22/h1-7,17H,8-11H2,(H,27,31)(H2,28,29,33,34). The Kier molecular flexibility index (Phi) is 5.18. The van der Waals surface area contributed by atoms with Crippen LogP contribution in [0.5, 0.6) is 5.75 Å². The van der Waals surface area contributed by atoms with Crippen LogP contribution in [-0.4, -0.2) is 48.1 Å². The molecule has 1 saturated heterocycles. The highest BCUT2D eigenvalue weighted by molar-refractivity contribution is 6.08. The average Bonchev–Trinajstić information content (AvgIpc) is 3.27. The number of urea groups is 1. The van der Waals surface area contributed by atoms with Gasteiger partial charge < -0.3 is 15.4 Å². The van der Waals surface area contributed by atoms with Gasteiger partial charge in [-0.2, -0.15) is 13.2 Å². The number of fused-ring (bicyclic) bond motifs is 2. The van der Waals surface area contributed by atoms with E-state index in [0.717, 1.165) is 16.0 Å². The minimum Gasteiger partial charge on any atom is -0.478 e. The maximum atomic E-state index is 13.0. The SMILES string of the molecule is O=C(CN1C(=O)C(CC(F)(F)F)Oc2ccccc21)Nc1ccc2c(c1)CC1(C2)NC(=O)NC1=O. The van der Waals surface area contributed by atoms with E-state index in [0.29, 0.717) is 12.1 Å². The van der Waals surface area contributed by atoms with Crippen molar-refractivity contribution in [3.05, 3.63) is 53.6 Å². The number of anilines is 2. The molecular formula is C23H19F3N4O5. The van der Waals surface area contributed by atoms with Gasteiger partial charge in [0.2, 0.25) is 5.91 Å². The molecule has 0 saturated carbocycles. The molecule has 5 amide bonds. The number of benzene rings is 2. The number of hydrogen-bond donors (Lipinski definition) is 3. The number of hydrogen-bond acceptors (Lipinski definition) is 5. The molecule has 3 aliphatic rings. The van der Waals surface area contributed by atoms with Gasteiger partial charge in [0.15, 0.2) is 6.10 Å². The first kappa shape index (κ1) is 22.7. The van der Waals surface area contributed by atoms with Gasteiger partial charge in [0.05, 0.1) is 12.1 Å². The molecule has 2 atom stereocenters. The Balaban J connectivity index is 1.31. The third-order valence-electron chi connectivity index (χ3n) is 6.17. The van der Waals surface area contributed by atoms with Crippen molar-refractivity contribution >= 4 is 35.1 Å². The van der Waals surface area contributed by atoms with Crippen LogP contribution in [-0.2, 0) is 27.2 Å². The van der Waals surface area contributed by atoms with Gasteiger partial charge in [-0.3, -0.25) is 24.6 Å². The first-order chi connectivity index (χ1) is 16.5. The zero-order chi connectivity index (χ0) is 25.0. The number of rotatable bonds is 4. The molecule has 1 fully saturated rings. The third kappa shape index (κ3) is 4.27. The Labute approximate surface area is 196 Å². The highest BCUT2D eigenvalue weighted by Gasteiger charge is 2.50. The van der Waals surface area contributed by atoms with Gasteiger partial charge in [-0.15, -0.1) is 0 Å². The number of nitrogens with zero attached hydrogens (tertiary/aromatic N) is 1. The number of para-hydroxylation sites is 2. The van der Waals surface area contributed by atoms with Crippen molar-refractivity contribution in [3.8, 4) is 5.75 Å². The summed E-state index contributed by atoms with van der Waals surface area (Å²) in [5, 5.41) is 7.53. The second-order valence-corrected chi connectivity index (χ2v) is 8.69. The zero-order valence-electron chi connectivity index (χ0n) is 18.1.